The highest BCUT2D eigenvalue weighted by molar-refractivity contribution is 9.10. The summed E-state index contributed by atoms with van der Waals surface area (Å²) in [5, 5.41) is 2.72. The summed E-state index contributed by atoms with van der Waals surface area (Å²) in [4.78, 5) is 12.1. The molecule has 5 heteroatoms. The second-order valence-corrected chi connectivity index (χ2v) is 7.46. The van der Waals surface area contributed by atoms with Gasteiger partial charge in [-0.05, 0) is 36.6 Å². The van der Waals surface area contributed by atoms with Crippen LogP contribution in [0.4, 0.5) is 4.39 Å². The van der Waals surface area contributed by atoms with Crippen molar-refractivity contribution in [2.45, 2.75) is 24.3 Å². The maximum absolute atomic E-state index is 13.7. The number of nitrogens with one attached hydrogen (secondary N) is 1. The third kappa shape index (κ3) is 5.99. The largest absolute Gasteiger partial charge is 0.355 e. The normalized spacial score (nSPS) is 12.0. The molecule has 2 nitrogen and oxygen atoms in total. The molecular formula is C18H19BrFNOS. The molecule has 0 saturated heterocycles. The molecule has 2 aromatic rings. The Labute approximate surface area is 149 Å². The molecule has 23 heavy (non-hydrogen) atoms. The van der Waals surface area contributed by atoms with Crippen molar-refractivity contribution >= 4 is 33.6 Å². The van der Waals surface area contributed by atoms with Crippen LogP contribution in [0.1, 0.15) is 18.1 Å². The first-order chi connectivity index (χ1) is 11.1. The Hall–Kier alpha value is -1.33. The van der Waals surface area contributed by atoms with Gasteiger partial charge < -0.3 is 5.32 Å². The van der Waals surface area contributed by atoms with Gasteiger partial charge in [0.05, 0.1) is 5.25 Å². The molecule has 0 aliphatic heterocycles. The molecule has 0 aliphatic rings. The van der Waals surface area contributed by atoms with E-state index in [2.05, 4.69) is 21.2 Å². The van der Waals surface area contributed by atoms with Gasteiger partial charge in [-0.25, -0.2) is 4.39 Å². The number of rotatable bonds is 7. The fourth-order valence-corrected chi connectivity index (χ4v) is 3.28. The molecule has 122 valence electrons. The van der Waals surface area contributed by atoms with Crippen molar-refractivity contribution in [3.05, 3.63) is 69.9 Å². The van der Waals surface area contributed by atoms with E-state index in [0.717, 1.165) is 10.9 Å². The lowest BCUT2D eigenvalue weighted by molar-refractivity contribution is -0.120. The van der Waals surface area contributed by atoms with E-state index in [4.69, 9.17) is 0 Å². The van der Waals surface area contributed by atoms with E-state index in [9.17, 15) is 9.18 Å². The van der Waals surface area contributed by atoms with Crippen LogP contribution < -0.4 is 5.32 Å². The second kappa shape index (κ2) is 9.08. The SMILES string of the molecule is C[C@@H](SCc1ccc(Br)cc1F)C(=O)NCCc1ccccc1. The average molecular weight is 396 g/mol. The monoisotopic (exact) mass is 395 g/mol. The van der Waals surface area contributed by atoms with Gasteiger partial charge in [0.2, 0.25) is 5.91 Å². The number of carbonyl (C=O) groups excluding carboxylic acids is 1. The molecule has 0 aromatic heterocycles. The summed E-state index contributed by atoms with van der Waals surface area (Å²) in [6, 6.07) is 15.0. The predicted octanol–water partition coefficient (Wildman–Crippen LogP) is 4.57. The molecule has 0 heterocycles. The first-order valence-corrected chi connectivity index (χ1v) is 9.27. The molecule has 0 spiro atoms. The van der Waals surface area contributed by atoms with Crippen LogP contribution in [0.5, 0.6) is 0 Å². The third-order valence-corrected chi connectivity index (χ3v) is 5.11. The molecule has 0 radical (unpaired) electrons. The standard InChI is InChI=1S/C18H19BrFNOS/c1-13(23-12-15-7-8-16(19)11-17(15)20)18(22)21-10-9-14-5-3-2-4-6-14/h2-8,11,13H,9-10,12H2,1H3,(H,21,22)/t13-/m1/s1. The van der Waals surface area contributed by atoms with E-state index in [1.54, 1.807) is 6.07 Å². The summed E-state index contributed by atoms with van der Waals surface area (Å²) in [5.74, 6) is 0.221. The van der Waals surface area contributed by atoms with Crippen LogP contribution in [0, 0.1) is 5.82 Å². The predicted molar refractivity (Wildman–Crippen MR) is 98.0 cm³/mol. The molecule has 2 rings (SSSR count). The highest BCUT2D eigenvalue weighted by Gasteiger charge is 2.14. The summed E-state index contributed by atoms with van der Waals surface area (Å²) < 4.78 is 14.5. The van der Waals surface area contributed by atoms with Gasteiger partial charge in [-0.3, -0.25) is 4.79 Å². The molecular weight excluding hydrogens is 377 g/mol. The van der Waals surface area contributed by atoms with Crippen LogP contribution in [0.25, 0.3) is 0 Å². The smallest absolute Gasteiger partial charge is 0.232 e. The second-order valence-electron chi connectivity index (χ2n) is 5.22. The van der Waals surface area contributed by atoms with Crippen LogP contribution in [0.2, 0.25) is 0 Å². The maximum atomic E-state index is 13.7. The van der Waals surface area contributed by atoms with Crippen molar-refractivity contribution in [1.82, 2.24) is 5.32 Å². The van der Waals surface area contributed by atoms with E-state index in [-0.39, 0.29) is 17.0 Å². The van der Waals surface area contributed by atoms with Gasteiger partial charge in [0, 0.05) is 16.8 Å². The number of hydrogen-bond acceptors (Lipinski definition) is 2. The first-order valence-electron chi connectivity index (χ1n) is 7.43. The van der Waals surface area contributed by atoms with Crippen LogP contribution >= 0.6 is 27.7 Å². The van der Waals surface area contributed by atoms with Crippen molar-refractivity contribution in [2.24, 2.45) is 0 Å². The molecule has 0 unspecified atom stereocenters. The van der Waals surface area contributed by atoms with E-state index in [0.29, 0.717) is 17.9 Å². The fraction of sp³-hybridized carbons (Fsp3) is 0.278. The molecule has 0 fully saturated rings. The Balaban J connectivity index is 1.74. The number of halogens is 2. The average Bonchev–Trinajstić information content (AvgIpc) is 2.54. The topological polar surface area (TPSA) is 29.1 Å². The van der Waals surface area contributed by atoms with Gasteiger partial charge >= 0.3 is 0 Å². The number of benzene rings is 2. The van der Waals surface area contributed by atoms with Crippen LogP contribution in [-0.4, -0.2) is 17.7 Å². The van der Waals surface area contributed by atoms with E-state index < -0.39 is 0 Å². The van der Waals surface area contributed by atoms with Crippen molar-refractivity contribution in [1.29, 1.82) is 0 Å². The Bertz CT molecular complexity index is 651. The molecule has 1 atom stereocenters. The maximum Gasteiger partial charge on any atom is 0.232 e. The highest BCUT2D eigenvalue weighted by atomic mass is 79.9. The number of hydrogen-bond donors (Lipinski definition) is 1. The summed E-state index contributed by atoms with van der Waals surface area (Å²) in [7, 11) is 0. The lowest BCUT2D eigenvalue weighted by atomic mass is 10.1. The van der Waals surface area contributed by atoms with E-state index in [1.807, 2.05) is 43.3 Å². The Kier molecular flexibility index (Phi) is 7.12. The summed E-state index contributed by atoms with van der Waals surface area (Å²) in [5.41, 5.74) is 1.81. The minimum Gasteiger partial charge on any atom is -0.355 e. The quantitative estimate of drug-likeness (QED) is 0.743. The van der Waals surface area contributed by atoms with Gasteiger partial charge in [-0.15, -0.1) is 11.8 Å². The minimum absolute atomic E-state index is 0.0107. The van der Waals surface area contributed by atoms with Crippen molar-refractivity contribution in [3.63, 3.8) is 0 Å². The highest BCUT2D eigenvalue weighted by Crippen LogP contribution is 2.22. The lowest BCUT2D eigenvalue weighted by Gasteiger charge is -2.12. The molecule has 0 bridgehead atoms. The fourth-order valence-electron chi connectivity index (χ4n) is 2.05. The van der Waals surface area contributed by atoms with Gasteiger partial charge in [0.25, 0.3) is 0 Å². The van der Waals surface area contributed by atoms with Crippen LogP contribution in [-0.2, 0) is 17.0 Å². The summed E-state index contributed by atoms with van der Waals surface area (Å²) in [6.07, 6.45) is 0.811. The number of carbonyl (C=O) groups is 1. The van der Waals surface area contributed by atoms with Crippen molar-refractivity contribution < 1.29 is 9.18 Å². The van der Waals surface area contributed by atoms with Gasteiger partial charge in [0.1, 0.15) is 5.82 Å². The molecule has 1 amide bonds. The lowest BCUT2D eigenvalue weighted by Crippen LogP contribution is -2.32. The Morgan fingerprint density at radius 3 is 2.70 bits per heavy atom. The van der Waals surface area contributed by atoms with Crippen LogP contribution in [0.15, 0.2) is 53.0 Å². The van der Waals surface area contributed by atoms with Crippen LogP contribution in [0.3, 0.4) is 0 Å². The third-order valence-electron chi connectivity index (χ3n) is 3.43. The number of thioether (sulfide) groups is 1. The Morgan fingerprint density at radius 2 is 2.00 bits per heavy atom. The van der Waals surface area contributed by atoms with E-state index in [1.165, 1.54) is 23.4 Å². The van der Waals surface area contributed by atoms with Crippen molar-refractivity contribution in [3.8, 4) is 0 Å². The molecule has 2 aromatic carbocycles. The first kappa shape index (κ1) is 18.0. The zero-order valence-electron chi connectivity index (χ0n) is 12.9. The summed E-state index contributed by atoms with van der Waals surface area (Å²) >= 11 is 4.67. The summed E-state index contributed by atoms with van der Waals surface area (Å²) in [6.45, 7) is 2.46. The molecule has 0 saturated carbocycles. The molecule has 1 N–H and O–H groups in total. The van der Waals surface area contributed by atoms with Gasteiger partial charge in [-0.1, -0.05) is 52.3 Å². The van der Waals surface area contributed by atoms with Crippen molar-refractivity contribution in [2.75, 3.05) is 6.54 Å². The van der Waals surface area contributed by atoms with E-state index >= 15 is 0 Å². The Morgan fingerprint density at radius 1 is 1.26 bits per heavy atom. The minimum atomic E-state index is -0.247. The van der Waals surface area contributed by atoms with Gasteiger partial charge in [-0.2, -0.15) is 0 Å². The zero-order valence-corrected chi connectivity index (χ0v) is 15.3. The zero-order chi connectivity index (χ0) is 16.7. The number of amides is 1. The molecule has 0 aliphatic carbocycles. The van der Waals surface area contributed by atoms with Gasteiger partial charge in [0.15, 0.2) is 0 Å².